The minimum Gasteiger partial charge on any atom is -0.461 e. The van der Waals surface area contributed by atoms with Crippen molar-refractivity contribution >= 4 is 45.9 Å². The summed E-state index contributed by atoms with van der Waals surface area (Å²) < 4.78 is 10.7. The molecule has 3 saturated carbocycles. The minimum atomic E-state index is -1.75. The number of fused-ring (bicyclic) bond motifs is 6. The molecule has 0 radical (unpaired) electrons. The fraction of sp³-hybridized carbons (Fsp3) is 0.467. The molecule has 8 atom stereocenters. The Balaban J connectivity index is 0.842. The number of aliphatic hydroxyl groups excluding tert-OH is 1. The van der Waals surface area contributed by atoms with Gasteiger partial charge in [-0.25, -0.2) is 0 Å². The van der Waals surface area contributed by atoms with E-state index in [1.807, 2.05) is 37.3 Å². The second-order valence-electron chi connectivity index (χ2n) is 16.7. The Labute approximate surface area is 331 Å². The van der Waals surface area contributed by atoms with E-state index >= 15 is 0 Å². The first-order valence-corrected chi connectivity index (χ1v) is 19.9. The number of ketones is 2. The number of allylic oxidation sites excluding steroid dienone is 4. The quantitative estimate of drug-likeness (QED) is 0.166. The third-order valence-electron chi connectivity index (χ3n) is 13.5. The number of nitrogens with one attached hydrogen (secondary N) is 1. The number of hydrogen-bond donors (Lipinski definition) is 4. The van der Waals surface area contributed by atoms with Crippen LogP contribution in [0.25, 0.3) is 10.8 Å². The van der Waals surface area contributed by atoms with Crippen molar-refractivity contribution in [1.29, 1.82) is 0 Å². The topological polar surface area (TPSA) is 195 Å². The maximum atomic E-state index is 13.6. The largest absolute Gasteiger partial charge is 0.461 e. The molecule has 4 aliphatic rings. The lowest BCUT2D eigenvalue weighted by Crippen LogP contribution is -2.61. The monoisotopic (exact) mass is 777 g/mol. The van der Waals surface area contributed by atoms with E-state index in [1.165, 1.54) is 0 Å². The van der Waals surface area contributed by atoms with Gasteiger partial charge in [0, 0.05) is 59.6 Å². The highest BCUT2D eigenvalue weighted by Crippen LogP contribution is 2.67. The van der Waals surface area contributed by atoms with Crippen LogP contribution < -0.4 is 11.1 Å². The number of rotatable bonds is 13. The number of hydrogen-bond acceptors (Lipinski definition) is 11. The summed E-state index contributed by atoms with van der Waals surface area (Å²) in [5.41, 5.74) is 6.00. The van der Waals surface area contributed by atoms with Gasteiger partial charge in [-0.15, -0.1) is 0 Å². The molecule has 0 saturated heterocycles. The SMILES string of the molecule is C[C@]12C=CC(=O)C=C1CC[C@@H]1[C@@H]2[C@@H](O)C[C@@]2(C)[C@H]1CC[C@]2(O)C(=O)COC(=O)CCCC(=O)OCc1ccc([C@@H](CN)C(=O)Nc2ccc3cnccc3c2)cc1. The summed E-state index contributed by atoms with van der Waals surface area (Å²) >= 11 is 0. The zero-order valence-corrected chi connectivity index (χ0v) is 32.4. The summed E-state index contributed by atoms with van der Waals surface area (Å²) in [6, 6.07) is 14.5. The third-order valence-corrected chi connectivity index (χ3v) is 13.5. The Kier molecular flexibility index (Phi) is 11.3. The number of nitrogens with two attached hydrogens (primary N) is 1. The number of carbonyl (C=O) groups is 5. The van der Waals surface area contributed by atoms with E-state index in [4.69, 9.17) is 15.2 Å². The van der Waals surface area contributed by atoms with Gasteiger partial charge >= 0.3 is 11.9 Å². The molecule has 0 aliphatic heterocycles. The van der Waals surface area contributed by atoms with Crippen molar-refractivity contribution in [2.45, 2.75) is 89.4 Å². The number of aromatic nitrogens is 1. The van der Waals surface area contributed by atoms with Crippen molar-refractivity contribution in [1.82, 2.24) is 4.98 Å². The molecule has 7 rings (SSSR count). The average molecular weight is 778 g/mol. The Hall–Kier alpha value is -5.04. The zero-order valence-electron chi connectivity index (χ0n) is 32.4. The summed E-state index contributed by atoms with van der Waals surface area (Å²) in [4.78, 5) is 68.0. The predicted octanol–water partition coefficient (Wildman–Crippen LogP) is 5.25. The van der Waals surface area contributed by atoms with E-state index in [0.29, 0.717) is 17.7 Å². The van der Waals surface area contributed by atoms with Gasteiger partial charge in [-0.2, -0.15) is 0 Å². The molecule has 0 spiro atoms. The van der Waals surface area contributed by atoms with Crippen LogP contribution >= 0.6 is 0 Å². The Bertz CT molecular complexity index is 2130. The minimum absolute atomic E-state index is 0.00558. The van der Waals surface area contributed by atoms with E-state index in [9.17, 15) is 34.2 Å². The zero-order chi connectivity index (χ0) is 40.5. The summed E-state index contributed by atoms with van der Waals surface area (Å²) in [5, 5.41) is 28.4. The van der Waals surface area contributed by atoms with Crippen LogP contribution in [0.1, 0.15) is 82.3 Å². The molecule has 2 aromatic carbocycles. The first-order valence-electron chi connectivity index (χ1n) is 19.9. The second kappa shape index (κ2) is 16.1. The summed E-state index contributed by atoms with van der Waals surface area (Å²) in [6.45, 7) is 3.46. The summed E-state index contributed by atoms with van der Waals surface area (Å²) in [6.07, 6.45) is 10.4. The van der Waals surface area contributed by atoms with Gasteiger partial charge in [-0.1, -0.05) is 55.8 Å². The van der Waals surface area contributed by atoms with Crippen LogP contribution in [0.5, 0.6) is 0 Å². The number of pyridine rings is 1. The van der Waals surface area contributed by atoms with Crippen LogP contribution in [0, 0.1) is 28.6 Å². The van der Waals surface area contributed by atoms with Crippen LogP contribution in [-0.4, -0.2) is 69.5 Å². The van der Waals surface area contributed by atoms with E-state index in [0.717, 1.165) is 34.8 Å². The average Bonchev–Trinajstić information content (AvgIpc) is 3.47. The number of Topliss-reactive ketones (excluding diaryl/α,β-unsaturated/α-hetero) is 1. The number of carbonyl (C=O) groups excluding carboxylic acids is 5. The maximum Gasteiger partial charge on any atom is 0.306 e. The van der Waals surface area contributed by atoms with Gasteiger partial charge in [0.25, 0.3) is 0 Å². The first-order chi connectivity index (χ1) is 27.3. The van der Waals surface area contributed by atoms with Gasteiger partial charge in [0.1, 0.15) is 12.2 Å². The lowest BCUT2D eigenvalue weighted by Gasteiger charge is -2.59. The van der Waals surface area contributed by atoms with Gasteiger partial charge in [0.2, 0.25) is 11.7 Å². The van der Waals surface area contributed by atoms with Gasteiger partial charge in [-0.3, -0.25) is 29.0 Å². The van der Waals surface area contributed by atoms with Crippen molar-refractivity contribution in [2.24, 2.45) is 34.3 Å². The maximum absolute atomic E-state index is 13.6. The molecule has 0 bridgehead atoms. The highest BCUT2D eigenvalue weighted by atomic mass is 16.5. The van der Waals surface area contributed by atoms with Crippen LogP contribution in [0.4, 0.5) is 5.69 Å². The standard InChI is InChI=1S/C45H51N3O9/c1-43-17-14-33(49)21-31(43)11-13-34-36-15-18-45(55,44(36,2)22-37(50)41(34)43)38(51)26-57-40(53)5-3-4-39(52)56-25-27-6-8-28(9-7-27)35(23-46)42(54)48-32-12-10-30-24-47-19-16-29(30)20-32/h6-10,12,14,16-17,19-21,24,34-37,41,50,55H,3-5,11,13,15,18,22-23,25-26,46H2,1-2H3,(H,48,54)/t34-,35+,36-,37-,41+,43-,44-,45-/m0/s1. The number of nitrogens with zero attached hydrogens (tertiary/aromatic N) is 1. The third kappa shape index (κ3) is 7.70. The number of ether oxygens (including phenoxy) is 2. The van der Waals surface area contributed by atoms with E-state index in [2.05, 4.69) is 17.2 Å². The van der Waals surface area contributed by atoms with Gasteiger partial charge in [0.05, 0.1) is 12.0 Å². The van der Waals surface area contributed by atoms with E-state index < -0.39 is 52.8 Å². The lowest BCUT2D eigenvalue weighted by molar-refractivity contribution is -0.181. The number of amides is 1. The fourth-order valence-corrected chi connectivity index (χ4v) is 10.4. The number of benzene rings is 2. The van der Waals surface area contributed by atoms with E-state index in [-0.39, 0.29) is 74.7 Å². The second-order valence-corrected chi connectivity index (χ2v) is 16.7. The highest BCUT2D eigenvalue weighted by molar-refractivity contribution is 6.01. The Morgan fingerprint density at radius 1 is 1.00 bits per heavy atom. The molecular weight excluding hydrogens is 727 g/mol. The molecule has 5 N–H and O–H groups in total. The summed E-state index contributed by atoms with van der Waals surface area (Å²) in [7, 11) is 0. The number of esters is 2. The Morgan fingerprint density at radius 3 is 2.51 bits per heavy atom. The smallest absolute Gasteiger partial charge is 0.306 e. The lowest BCUT2D eigenvalue weighted by atomic mass is 9.46. The van der Waals surface area contributed by atoms with Gasteiger partial charge in [-0.05, 0) is 97.2 Å². The van der Waals surface area contributed by atoms with Crippen LogP contribution in [0.2, 0.25) is 0 Å². The van der Waals surface area contributed by atoms with Crippen LogP contribution in [-0.2, 0) is 40.1 Å². The summed E-state index contributed by atoms with van der Waals surface area (Å²) in [5.74, 6) is -2.69. The highest BCUT2D eigenvalue weighted by Gasteiger charge is 2.68. The molecule has 300 valence electrons. The molecule has 12 heteroatoms. The molecule has 1 aromatic heterocycles. The van der Waals surface area contributed by atoms with Crippen molar-refractivity contribution in [2.75, 3.05) is 18.5 Å². The van der Waals surface area contributed by atoms with Crippen molar-refractivity contribution in [3.63, 3.8) is 0 Å². The van der Waals surface area contributed by atoms with Crippen molar-refractivity contribution in [3.05, 3.63) is 95.9 Å². The predicted molar refractivity (Wildman–Crippen MR) is 211 cm³/mol. The van der Waals surface area contributed by atoms with Crippen molar-refractivity contribution < 1.29 is 43.7 Å². The molecule has 1 amide bonds. The molecule has 1 heterocycles. The molecule has 0 unspecified atom stereocenters. The van der Waals surface area contributed by atoms with E-state index in [1.54, 1.807) is 48.8 Å². The molecule has 3 fully saturated rings. The fourth-order valence-electron chi connectivity index (χ4n) is 10.4. The van der Waals surface area contributed by atoms with Gasteiger partial charge in [0.15, 0.2) is 12.4 Å². The molecular formula is C45H51N3O9. The molecule has 3 aromatic rings. The molecule has 12 nitrogen and oxygen atoms in total. The molecule has 57 heavy (non-hydrogen) atoms. The van der Waals surface area contributed by atoms with Crippen LogP contribution in [0.3, 0.4) is 0 Å². The number of aliphatic hydroxyl groups is 2. The Morgan fingerprint density at radius 2 is 1.75 bits per heavy atom. The van der Waals surface area contributed by atoms with Gasteiger partial charge < -0.3 is 30.7 Å². The normalized spacial score (nSPS) is 29.4. The molecule has 4 aliphatic carbocycles. The first kappa shape index (κ1) is 40.2. The number of anilines is 1. The van der Waals surface area contributed by atoms with Crippen molar-refractivity contribution in [3.8, 4) is 0 Å². The van der Waals surface area contributed by atoms with Crippen LogP contribution in [0.15, 0.2) is 84.7 Å².